The second kappa shape index (κ2) is 10.0. The molecule has 0 aromatic carbocycles. The van der Waals surface area contributed by atoms with Crippen LogP contribution in [0.25, 0.3) is 10.4 Å². The van der Waals surface area contributed by atoms with Crippen LogP contribution in [0.3, 0.4) is 0 Å². The Labute approximate surface area is 184 Å². The predicted octanol–water partition coefficient (Wildman–Crippen LogP) is 2.59. The number of pyridine rings is 1. The van der Waals surface area contributed by atoms with Crippen LogP contribution >= 0.6 is 22.9 Å². The highest BCUT2D eigenvalue weighted by Crippen LogP contribution is 2.35. The molecule has 30 heavy (non-hydrogen) atoms. The van der Waals surface area contributed by atoms with E-state index in [1.54, 1.807) is 19.2 Å². The largest absolute Gasteiger partial charge is 0.379 e. The number of nitrogens with zero attached hydrogens (tertiary/aromatic N) is 3. The molecule has 164 valence electrons. The smallest absolute Gasteiger partial charge is 0.232 e. The summed E-state index contributed by atoms with van der Waals surface area (Å²) in [7, 11) is -3.58. The molecule has 2 aromatic rings. The van der Waals surface area contributed by atoms with Crippen LogP contribution in [-0.2, 0) is 19.6 Å². The van der Waals surface area contributed by atoms with Crippen molar-refractivity contribution in [2.45, 2.75) is 20.3 Å². The molecule has 0 saturated carbocycles. The Balaban J connectivity index is 1.68. The van der Waals surface area contributed by atoms with Gasteiger partial charge in [0.25, 0.3) is 0 Å². The summed E-state index contributed by atoms with van der Waals surface area (Å²) >= 11 is 7.41. The van der Waals surface area contributed by atoms with Crippen LogP contribution in [0.1, 0.15) is 19.0 Å². The molecule has 2 N–H and O–H groups in total. The van der Waals surface area contributed by atoms with E-state index in [9.17, 15) is 13.2 Å². The molecule has 0 bridgehead atoms. The monoisotopic (exact) mass is 473 g/mol. The molecular formula is C18H24ClN5O4S2. The number of ether oxygens (including phenoxy) is 1. The van der Waals surface area contributed by atoms with Crippen molar-refractivity contribution < 1.29 is 17.9 Å². The molecule has 0 spiro atoms. The average Bonchev–Trinajstić information content (AvgIpc) is 3.03. The number of aromatic nitrogens is 2. The van der Waals surface area contributed by atoms with Gasteiger partial charge in [0, 0.05) is 31.8 Å². The summed E-state index contributed by atoms with van der Waals surface area (Å²) in [4.78, 5) is 22.6. The second-order valence-electron chi connectivity index (χ2n) is 6.91. The van der Waals surface area contributed by atoms with Gasteiger partial charge in [-0.15, -0.1) is 0 Å². The molecule has 1 saturated heterocycles. The van der Waals surface area contributed by atoms with E-state index in [2.05, 4.69) is 24.9 Å². The zero-order valence-corrected chi connectivity index (χ0v) is 19.2. The zero-order valence-electron chi connectivity index (χ0n) is 16.8. The second-order valence-corrected chi connectivity index (χ2v) is 10.1. The number of hydrogen-bond acceptors (Lipinski definition) is 8. The lowest BCUT2D eigenvalue weighted by molar-refractivity contribution is -0.114. The SMILES string of the molecule is CC(=O)Nc1nc(C)c(-c2cnc(Cl)c(NS(=O)(=O)CCCN3CCOCC3)c2)s1. The number of hydrogen-bond donors (Lipinski definition) is 2. The number of sulfonamides is 1. The van der Waals surface area contributed by atoms with E-state index >= 15 is 0 Å². The van der Waals surface area contributed by atoms with Gasteiger partial charge in [0.2, 0.25) is 15.9 Å². The van der Waals surface area contributed by atoms with Crippen LogP contribution < -0.4 is 10.0 Å². The van der Waals surface area contributed by atoms with Gasteiger partial charge < -0.3 is 10.1 Å². The molecule has 9 nitrogen and oxygen atoms in total. The Bertz CT molecular complexity index is 1010. The van der Waals surface area contributed by atoms with E-state index < -0.39 is 10.0 Å². The number of carbonyl (C=O) groups is 1. The highest BCUT2D eigenvalue weighted by atomic mass is 35.5. The Hall–Kier alpha value is -1.79. The van der Waals surface area contributed by atoms with Gasteiger partial charge in [0.1, 0.15) is 0 Å². The minimum atomic E-state index is -3.58. The van der Waals surface area contributed by atoms with Crippen molar-refractivity contribution in [3.8, 4) is 10.4 Å². The molecule has 3 rings (SSSR count). The van der Waals surface area contributed by atoms with Gasteiger partial charge in [-0.05, 0) is 26.0 Å². The summed E-state index contributed by atoms with van der Waals surface area (Å²) in [6, 6.07) is 1.63. The molecule has 1 fully saturated rings. The van der Waals surface area contributed by atoms with E-state index in [0.717, 1.165) is 18.0 Å². The summed E-state index contributed by atoms with van der Waals surface area (Å²) in [6.07, 6.45) is 2.06. The van der Waals surface area contributed by atoms with Crippen LogP contribution in [0, 0.1) is 6.92 Å². The number of anilines is 2. The van der Waals surface area contributed by atoms with Crippen molar-refractivity contribution in [2.75, 3.05) is 48.6 Å². The number of aryl methyl sites for hydroxylation is 1. The van der Waals surface area contributed by atoms with E-state index in [0.29, 0.717) is 42.6 Å². The Morgan fingerprint density at radius 1 is 1.37 bits per heavy atom. The van der Waals surface area contributed by atoms with Crippen LogP contribution in [0.5, 0.6) is 0 Å². The van der Waals surface area contributed by atoms with E-state index in [1.807, 2.05) is 0 Å². The van der Waals surface area contributed by atoms with E-state index in [1.165, 1.54) is 18.3 Å². The average molecular weight is 474 g/mol. The van der Waals surface area contributed by atoms with Gasteiger partial charge in [-0.2, -0.15) is 0 Å². The molecule has 1 amide bonds. The van der Waals surface area contributed by atoms with Crippen molar-refractivity contribution >= 4 is 49.7 Å². The fraction of sp³-hybridized carbons (Fsp3) is 0.500. The third-order valence-electron chi connectivity index (χ3n) is 4.44. The van der Waals surface area contributed by atoms with Gasteiger partial charge in [-0.3, -0.25) is 14.4 Å². The normalized spacial score (nSPS) is 15.2. The third-order valence-corrected chi connectivity index (χ3v) is 7.22. The lowest BCUT2D eigenvalue weighted by atomic mass is 10.2. The summed E-state index contributed by atoms with van der Waals surface area (Å²) in [5, 5.41) is 3.19. The molecule has 0 atom stereocenters. The number of morpholine rings is 1. The van der Waals surface area contributed by atoms with Gasteiger partial charge >= 0.3 is 0 Å². The molecule has 0 aliphatic carbocycles. The predicted molar refractivity (Wildman–Crippen MR) is 119 cm³/mol. The van der Waals surface area contributed by atoms with Crippen molar-refractivity contribution in [1.82, 2.24) is 14.9 Å². The highest BCUT2D eigenvalue weighted by molar-refractivity contribution is 7.92. The standard InChI is InChI=1S/C18H24ClN5O4S2/c1-12-16(29-18(21-12)22-13(2)25)14-10-15(17(19)20-11-14)23-30(26,27)9-3-4-24-5-7-28-8-6-24/h10-11,23H,3-9H2,1-2H3,(H,21,22,25). The van der Waals surface area contributed by atoms with Crippen LogP contribution in [0.4, 0.5) is 10.8 Å². The molecular weight excluding hydrogens is 450 g/mol. The van der Waals surface area contributed by atoms with Crippen molar-refractivity contribution in [1.29, 1.82) is 0 Å². The Morgan fingerprint density at radius 3 is 2.80 bits per heavy atom. The summed E-state index contributed by atoms with van der Waals surface area (Å²) < 4.78 is 32.9. The topological polar surface area (TPSA) is 114 Å². The number of thiazole rings is 1. The molecule has 0 unspecified atom stereocenters. The molecule has 0 radical (unpaired) electrons. The van der Waals surface area contributed by atoms with E-state index in [-0.39, 0.29) is 22.5 Å². The lowest BCUT2D eigenvalue weighted by Gasteiger charge is -2.26. The first-order valence-electron chi connectivity index (χ1n) is 9.45. The maximum absolute atomic E-state index is 12.5. The fourth-order valence-electron chi connectivity index (χ4n) is 3.03. The molecule has 3 heterocycles. The molecule has 2 aromatic heterocycles. The highest BCUT2D eigenvalue weighted by Gasteiger charge is 2.18. The Kier molecular flexibility index (Phi) is 7.64. The number of halogens is 1. The molecule has 12 heteroatoms. The van der Waals surface area contributed by atoms with Gasteiger partial charge in [-0.25, -0.2) is 18.4 Å². The van der Waals surface area contributed by atoms with Crippen LogP contribution in [0.15, 0.2) is 12.3 Å². The Morgan fingerprint density at radius 2 is 2.10 bits per heavy atom. The number of rotatable bonds is 8. The van der Waals surface area contributed by atoms with Crippen molar-refractivity contribution in [3.63, 3.8) is 0 Å². The zero-order chi connectivity index (χ0) is 21.7. The number of amides is 1. The van der Waals surface area contributed by atoms with Crippen molar-refractivity contribution in [3.05, 3.63) is 23.1 Å². The molecule has 1 aliphatic rings. The third kappa shape index (κ3) is 6.35. The van der Waals surface area contributed by atoms with Crippen LogP contribution in [-0.4, -0.2) is 67.8 Å². The summed E-state index contributed by atoms with van der Waals surface area (Å²) in [5.74, 6) is -0.230. The minimum absolute atomic E-state index is 0.0167. The summed E-state index contributed by atoms with van der Waals surface area (Å²) in [5.41, 5.74) is 1.58. The van der Waals surface area contributed by atoms with Gasteiger partial charge in [-0.1, -0.05) is 22.9 Å². The van der Waals surface area contributed by atoms with Gasteiger partial charge in [0.15, 0.2) is 10.3 Å². The van der Waals surface area contributed by atoms with Gasteiger partial charge in [0.05, 0.1) is 35.2 Å². The first-order valence-corrected chi connectivity index (χ1v) is 12.3. The summed E-state index contributed by atoms with van der Waals surface area (Å²) in [6.45, 7) is 6.91. The quantitative estimate of drug-likeness (QED) is 0.566. The number of nitrogens with one attached hydrogen (secondary N) is 2. The lowest BCUT2D eigenvalue weighted by Crippen LogP contribution is -2.37. The first kappa shape index (κ1) is 22.9. The maximum atomic E-state index is 12.5. The maximum Gasteiger partial charge on any atom is 0.232 e. The first-order chi connectivity index (χ1) is 14.2. The molecule has 1 aliphatic heterocycles. The fourth-order valence-corrected chi connectivity index (χ4v) is 5.34. The van der Waals surface area contributed by atoms with E-state index in [4.69, 9.17) is 16.3 Å². The minimum Gasteiger partial charge on any atom is -0.379 e. The number of carbonyl (C=O) groups excluding carboxylic acids is 1. The van der Waals surface area contributed by atoms with Crippen LogP contribution in [0.2, 0.25) is 5.15 Å². The van der Waals surface area contributed by atoms with Crippen molar-refractivity contribution in [2.24, 2.45) is 0 Å².